The minimum absolute atomic E-state index is 0.0786. The van der Waals surface area contributed by atoms with Crippen molar-refractivity contribution in [3.8, 4) is 0 Å². The average Bonchev–Trinajstić information content (AvgIpc) is 2.80. The summed E-state index contributed by atoms with van der Waals surface area (Å²) in [5.41, 5.74) is -2.36. The number of rotatable bonds is 24. The fraction of sp³-hybridized carbons (Fsp3) is 0.926. The van der Waals surface area contributed by atoms with Crippen molar-refractivity contribution in [3.63, 3.8) is 0 Å². The zero-order valence-corrected chi connectivity index (χ0v) is 21.1. The first-order chi connectivity index (χ1) is 15.4. The Morgan fingerprint density at radius 2 is 0.969 bits per heavy atom. The minimum Gasteiger partial charge on any atom is -0.393 e. The van der Waals surface area contributed by atoms with Crippen molar-refractivity contribution < 1.29 is 24.9 Å². The van der Waals surface area contributed by atoms with E-state index in [9.17, 15) is 24.9 Å². The van der Waals surface area contributed by atoms with Gasteiger partial charge in [0.2, 0.25) is 0 Å². The Labute approximate surface area is 197 Å². The maximum absolute atomic E-state index is 12.5. The zero-order chi connectivity index (χ0) is 24.1. The highest BCUT2D eigenvalue weighted by molar-refractivity contribution is 5.96. The predicted octanol–water partition coefficient (Wildman–Crippen LogP) is 6.05. The van der Waals surface area contributed by atoms with Crippen molar-refractivity contribution >= 4 is 11.6 Å². The third kappa shape index (κ3) is 14.4. The molecule has 190 valence electrons. The van der Waals surface area contributed by atoms with E-state index in [1.807, 2.05) is 0 Å². The first-order valence-corrected chi connectivity index (χ1v) is 13.5. The number of Topliss-reactive ketones (excluding diaryl/α,β-unsaturated/α-hetero) is 2. The maximum Gasteiger partial charge on any atom is 0.178 e. The molecule has 0 saturated heterocycles. The van der Waals surface area contributed by atoms with Crippen LogP contribution in [0.4, 0.5) is 0 Å². The summed E-state index contributed by atoms with van der Waals surface area (Å²) in [6, 6.07) is 0. The lowest BCUT2D eigenvalue weighted by molar-refractivity contribution is -0.165. The molecule has 0 saturated carbocycles. The zero-order valence-electron chi connectivity index (χ0n) is 21.1. The van der Waals surface area contributed by atoms with Gasteiger partial charge in [-0.1, -0.05) is 117 Å². The molecule has 0 aromatic carbocycles. The molecule has 5 nitrogen and oxygen atoms in total. The van der Waals surface area contributed by atoms with E-state index in [-0.39, 0.29) is 12.8 Å². The summed E-state index contributed by atoms with van der Waals surface area (Å²) in [7, 11) is 0. The second-order valence-electron chi connectivity index (χ2n) is 9.53. The molecule has 0 aliphatic carbocycles. The molecular formula is C27H52O5. The van der Waals surface area contributed by atoms with Gasteiger partial charge in [-0.2, -0.15) is 0 Å². The van der Waals surface area contributed by atoms with Crippen LogP contribution in [0.5, 0.6) is 0 Å². The van der Waals surface area contributed by atoms with Crippen LogP contribution < -0.4 is 0 Å². The van der Waals surface area contributed by atoms with Crippen LogP contribution >= 0.6 is 0 Å². The highest BCUT2D eigenvalue weighted by Gasteiger charge is 2.45. The van der Waals surface area contributed by atoms with E-state index in [0.717, 1.165) is 38.5 Å². The van der Waals surface area contributed by atoms with Gasteiger partial charge >= 0.3 is 0 Å². The molecule has 0 spiro atoms. The summed E-state index contributed by atoms with van der Waals surface area (Å²) in [6.07, 6.45) is 18.3. The third-order valence-corrected chi connectivity index (χ3v) is 6.52. The van der Waals surface area contributed by atoms with E-state index < -0.39 is 29.9 Å². The molecule has 0 aromatic heterocycles. The molecule has 0 heterocycles. The molecule has 0 bridgehead atoms. The Kier molecular flexibility index (Phi) is 20.3. The summed E-state index contributed by atoms with van der Waals surface area (Å²) in [5.74, 6) is -1.18. The first kappa shape index (κ1) is 31.2. The lowest BCUT2D eigenvalue weighted by atomic mass is 9.85. The molecule has 0 rings (SSSR count). The monoisotopic (exact) mass is 456 g/mol. The van der Waals surface area contributed by atoms with Crippen molar-refractivity contribution in [1.29, 1.82) is 0 Å². The Morgan fingerprint density at radius 1 is 0.625 bits per heavy atom. The lowest BCUT2D eigenvalue weighted by Gasteiger charge is -2.29. The number of unbranched alkanes of at least 4 members (excludes halogenated alkanes) is 16. The number of carbonyl (C=O) groups is 2. The summed E-state index contributed by atoms with van der Waals surface area (Å²) < 4.78 is 0. The summed E-state index contributed by atoms with van der Waals surface area (Å²) >= 11 is 0. The Bertz CT molecular complexity index is 465. The van der Waals surface area contributed by atoms with E-state index in [2.05, 4.69) is 13.8 Å². The molecule has 5 heteroatoms. The molecule has 0 aromatic rings. The standard InChI is InChI=1S/C27H52O5/c1-3-5-7-9-11-13-15-17-19-21-24(29)26(31)27(32,23-28)25(30)22-20-18-16-14-12-10-8-6-4-2/h26,28,31-32H,3-23H2,1-2H3. The highest BCUT2D eigenvalue weighted by atomic mass is 16.4. The van der Waals surface area contributed by atoms with Crippen molar-refractivity contribution in [2.45, 2.75) is 154 Å². The minimum atomic E-state index is -2.36. The molecule has 0 aliphatic rings. The summed E-state index contributed by atoms with van der Waals surface area (Å²) in [4.78, 5) is 24.8. The quantitative estimate of drug-likeness (QED) is 0.154. The Hall–Kier alpha value is -0.780. The largest absolute Gasteiger partial charge is 0.393 e. The Morgan fingerprint density at radius 3 is 1.34 bits per heavy atom. The van der Waals surface area contributed by atoms with Crippen molar-refractivity contribution in [3.05, 3.63) is 0 Å². The van der Waals surface area contributed by atoms with E-state index in [1.54, 1.807) is 0 Å². The van der Waals surface area contributed by atoms with Gasteiger partial charge in [-0.3, -0.25) is 9.59 Å². The highest BCUT2D eigenvalue weighted by Crippen LogP contribution is 2.20. The van der Waals surface area contributed by atoms with E-state index in [1.165, 1.54) is 64.2 Å². The average molecular weight is 457 g/mol. The Balaban J connectivity index is 4.06. The number of hydrogen-bond acceptors (Lipinski definition) is 5. The first-order valence-electron chi connectivity index (χ1n) is 13.5. The summed E-state index contributed by atoms with van der Waals surface area (Å²) in [6.45, 7) is 3.48. The molecule has 0 amide bonds. The fourth-order valence-corrected chi connectivity index (χ4v) is 4.15. The van der Waals surface area contributed by atoms with Crippen molar-refractivity contribution in [1.82, 2.24) is 0 Å². The van der Waals surface area contributed by atoms with Gasteiger partial charge in [0, 0.05) is 12.8 Å². The van der Waals surface area contributed by atoms with Gasteiger partial charge in [0.1, 0.15) is 0 Å². The molecule has 2 atom stereocenters. The van der Waals surface area contributed by atoms with Gasteiger partial charge in [0.05, 0.1) is 6.61 Å². The number of ketones is 2. The van der Waals surface area contributed by atoms with Crippen LogP contribution in [0.25, 0.3) is 0 Å². The van der Waals surface area contributed by atoms with Crippen LogP contribution in [0.1, 0.15) is 142 Å². The van der Waals surface area contributed by atoms with E-state index in [0.29, 0.717) is 12.8 Å². The van der Waals surface area contributed by atoms with Gasteiger partial charge in [0.15, 0.2) is 23.3 Å². The number of carbonyl (C=O) groups excluding carboxylic acids is 2. The van der Waals surface area contributed by atoms with E-state index >= 15 is 0 Å². The van der Waals surface area contributed by atoms with Gasteiger partial charge in [-0.15, -0.1) is 0 Å². The third-order valence-electron chi connectivity index (χ3n) is 6.52. The molecule has 2 unspecified atom stereocenters. The molecule has 32 heavy (non-hydrogen) atoms. The maximum atomic E-state index is 12.5. The molecule has 0 aliphatic heterocycles. The fourth-order valence-electron chi connectivity index (χ4n) is 4.15. The predicted molar refractivity (Wildman–Crippen MR) is 132 cm³/mol. The molecular weight excluding hydrogens is 404 g/mol. The van der Waals surface area contributed by atoms with Crippen LogP contribution in [0.3, 0.4) is 0 Å². The molecule has 0 fully saturated rings. The molecule has 3 N–H and O–H groups in total. The smallest absolute Gasteiger partial charge is 0.178 e. The van der Waals surface area contributed by atoms with Crippen molar-refractivity contribution in [2.75, 3.05) is 6.61 Å². The number of hydrogen-bond donors (Lipinski definition) is 3. The SMILES string of the molecule is CCCCCCCCCCCC(=O)C(O)C(O)(CO)C(=O)CCCCCCCCCCC. The van der Waals surface area contributed by atoms with Gasteiger partial charge in [0.25, 0.3) is 0 Å². The topological polar surface area (TPSA) is 94.8 Å². The van der Waals surface area contributed by atoms with E-state index in [4.69, 9.17) is 0 Å². The normalized spacial score (nSPS) is 14.3. The second kappa shape index (κ2) is 20.8. The van der Waals surface area contributed by atoms with Crippen LogP contribution in [0, 0.1) is 0 Å². The summed E-state index contributed by atoms with van der Waals surface area (Å²) in [5, 5.41) is 30.4. The lowest BCUT2D eigenvalue weighted by Crippen LogP contribution is -2.55. The van der Waals surface area contributed by atoms with Crippen LogP contribution in [-0.2, 0) is 9.59 Å². The number of aliphatic hydroxyl groups excluding tert-OH is 2. The van der Waals surface area contributed by atoms with Crippen LogP contribution in [-0.4, -0.2) is 45.2 Å². The second-order valence-corrected chi connectivity index (χ2v) is 9.53. The van der Waals surface area contributed by atoms with Gasteiger partial charge < -0.3 is 15.3 Å². The van der Waals surface area contributed by atoms with Gasteiger partial charge in [-0.25, -0.2) is 0 Å². The molecule has 0 radical (unpaired) electrons. The van der Waals surface area contributed by atoms with Gasteiger partial charge in [-0.05, 0) is 12.8 Å². The van der Waals surface area contributed by atoms with Crippen molar-refractivity contribution in [2.24, 2.45) is 0 Å². The van der Waals surface area contributed by atoms with Crippen LogP contribution in [0.2, 0.25) is 0 Å². The number of aliphatic hydroxyl groups is 3. The van der Waals surface area contributed by atoms with Crippen LogP contribution in [0.15, 0.2) is 0 Å².